The molecule has 78 heavy (non-hydrogen) atoms. The quantitative estimate of drug-likeness (QED) is 0.0973. The maximum Gasteiger partial charge on any atom is 0.409 e. The molecule has 3 aromatic carbocycles. The number of hydrogen-bond acceptors (Lipinski definition) is 14. The lowest BCUT2D eigenvalue weighted by Crippen LogP contribution is -2.50. The maximum atomic E-state index is 17.2. The number of phenolic OH excluding ortho intramolecular Hbond substituents is 1. The maximum absolute atomic E-state index is 17.2. The second-order valence-corrected chi connectivity index (χ2v) is 22.7. The minimum atomic E-state index is -1.02. The van der Waals surface area contributed by atoms with Crippen molar-refractivity contribution in [1.29, 1.82) is 0 Å². The van der Waals surface area contributed by atoms with E-state index in [2.05, 4.69) is 43.1 Å². The summed E-state index contributed by atoms with van der Waals surface area (Å²) in [4.78, 5) is 74.2. The molecule has 20 heteroatoms. The molecule has 0 spiro atoms. The van der Waals surface area contributed by atoms with Crippen molar-refractivity contribution >= 4 is 56.4 Å². The van der Waals surface area contributed by atoms with Crippen molar-refractivity contribution in [2.45, 2.75) is 119 Å². The Bertz CT molecular complexity index is 3510. The van der Waals surface area contributed by atoms with Gasteiger partial charge in [-0.05, 0) is 144 Å². The van der Waals surface area contributed by atoms with Crippen molar-refractivity contribution in [1.82, 2.24) is 44.1 Å². The minimum absolute atomic E-state index is 0.0145. The number of rotatable bonds is 10. The number of likely N-dealkylation sites (tertiary alicyclic amines) is 2. The summed E-state index contributed by atoms with van der Waals surface area (Å²) in [7, 11) is 1.72. The van der Waals surface area contributed by atoms with Crippen molar-refractivity contribution in [2.75, 3.05) is 63.9 Å². The van der Waals surface area contributed by atoms with Gasteiger partial charge < -0.3 is 34.4 Å². The molecule has 3 amide bonds. The number of halogens is 2. The van der Waals surface area contributed by atoms with Crippen LogP contribution in [0.1, 0.15) is 107 Å². The molecule has 1 unspecified atom stereocenters. The summed E-state index contributed by atoms with van der Waals surface area (Å²) in [6.07, 6.45) is 15.7. The summed E-state index contributed by atoms with van der Waals surface area (Å²) in [5, 5.41) is 25.2. The number of benzene rings is 3. The van der Waals surface area contributed by atoms with Gasteiger partial charge >= 0.3 is 17.8 Å². The molecule has 18 nitrogen and oxygen atoms in total. The number of β-amino-alcohol motifs (C(OH)–C–C–N with tert-alkyl or cyclic N) is 1. The van der Waals surface area contributed by atoms with Gasteiger partial charge in [-0.15, -0.1) is 6.42 Å². The van der Waals surface area contributed by atoms with Crippen LogP contribution in [0.25, 0.3) is 44.0 Å². The first-order chi connectivity index (χ1) is 37.6. The number of nitrogens with one attached hydrogen (secondary N) is 1. The van der Waals surface area contributed by atoms with Crippen LogP contribution in [0.2, 0.25) is 0 Å². The van der Waals surface area contributed by atoms with Gasteiger partial charge in [-0.25, -0.2) is 18.4 Å². The van der Waals surface area contributed by atoms with Gasteiger partial charge in [0, 0.05) is 68.9 Å². The molecule has 6 fully saturated rings. The first-order valence-electron chi connectivity index (χ1n) is 27.4. The molecule has 3 N–H and O–H groups in total. The van der Waals surface area contributed by atoms with E-state index >= 15 is 8.78 Å². The number of aryl methyl sites for hydroxylation is 1. The molecule has 0 aliphatic carbocycles. The Morgan fingerprint density at radius 3 is 2.49 bits per heavy atom. The molecule has 3 aromatic heterocycles. The van der Waals surface area contributed by atoms with Crippen LogP contribution in [0.5, 0.6) is 11.8 Å². The number of hydrogen-bond donors (Lipinski definition) is 3. The molecule has 0 bridgehead atoms. The number of phenols is 1. The van der Waals surface area contributed by atoms with Crippen molar-refractivity contribution in [3.05, 3.63) is 81.9 Å². The lowest BCUT2D eigenvalue weighted by molar-refractivity contribution is -0.135. The summed E-state index contributed by atoms with van der Waals surface area (Å²) in [5.74, 6) is 0.624. The van der Waals surface area contributed by atoms with Crippen LogP contribution in [0.4, 0.5) is 19.4 Å². The highest BCUT2D eigenvalue weighted by Crippen LogP contribution is 2.44. The standard InChI is InChI=1S/C58H64F2N10O8/c1-4-40-43(59)9-7-36-27-39(71)29-41(48(36)40)50-49(60)51-42(30-61-50)52(68-21-5-18-57(2,76)32-68)64-54(63-51)78-33-58-19-6-22-69(58)38(13-20-58)31-77-56(75)67-25-16-37(17-26-67)66-23-14-34(15-24-66)35-8-10-44-46(28-35)65(3)55(74)70(44)45-11-12-47(72)62-53(45)73/h1,7-10,27-30,34,37-38,45,71,76H,5-6,11-26,31-33H2,2-3H3,(H,62,72,73)/t38-,45?,57+,58-/m0/s1. The molecule has 6 saturated heterocycles. The molecule has 408 valence electrons. The number of aromatic nitrogens is 5. The Hall–Kier alpha value is -7.21. The first-order valence-corrected chi connectivity index (χ1v) is 27.4. The fourth-order valence-electron chi connectivity index (χ4n) is 13.8. The average Bonchev–Trinajstić information content (AvgIpc) is 4.20. The zero-order valence-corrected chi connectivity index (χ0v) is 44.0. The number of imide groups is 1. The van der Waals surface area contributed by atoms with Crippen molar-refractivity contribution in [2.24, 2.45) is 7.05 Å². The Balaban J connectivity index is 0.680. The fraction of sp³-hybridized carbons (Fsp3) is 0.500. The number of ether oxygens (including phenoxy) is 2. The number of piperidine rings is 4. The lowest BCUT2D eigenvalue weighted by Gasteiger charge is -2.41. The van der Waals surface area contributed by atoms with Crippen molar-refractivity contribution in [3.63, 3.8) is 0 Å². The topological polar surface area (TPSA) is 201 Å². The predicted octanol–water partition coefficient (Wildman–Crippen LogP) is 6.65. The molecule has 9 heterocycles. The molecule has 0 radical (unpaired) electrons. The zero-order valence-electron chi connectivity index (χ0n) is 44.0. The minimum Gasteiger partial charge on any atom is -0.508 e. The number of carbonyl (C=O) groups excluding carboxylic acids is 3. The van der Waals surface area contributed by atoms with E-state index in [1.54, 1.807) is 18.5 Å². The number of imidazole rings is 1. The van der Waals surface area contributed by atoms with E-state index in [1.807, 2.05) is 15.9 Å². The number of nitrogens with zero attached hydrogens (tertiary/aromatic N) is 9. The zero-order chi connectivity index (χ0) is 54.2. The third kappa shape index (κ3) is 9.26. The van der Waals surface area contributed by atoms with Crippen LogP contribution >= 0.6 is 0 Å². The van der Waals surface area contributed by atoms with Crippen molar-refractivity contribution < 1.29 is 42.9 Å². The highest BCUT2D eigenvalue weighted by atomic mass is 19.1. The smallest absolute Gasteiger partial charge is 0.409 e. The van der Waals surface area contributed by atoms with E-state index in [-0.39, 0.29) is 94.9 Å². The lowest BCUT2D eigenvalue weighted by atomic mass is 9.87. The van der Waals surface area contributed by atoms with E-state index in [4.69, 9.17) is 20.9 Å². The van der Waals surface area contributed by atoms with Crippen LogP contribution in [-0.4, -0.2) is 149 Å². The molecule has 4 atom stereocenters. The SMILES string of the molecule is C#Cc1c(F)ccc2cc(O)cc(-c3ncc4c(N5CCC[C@@](C)(O)C5)nc(OC[C@@]56CCCN5[C@H](COC(=O)N5CCC(N7CCC(c8ccc9c(c8)n(C)c(=O)n9C8CCC(=O)NC8=O)CC7)CC5)CC6)nc4c3F)c12. The van der Waals surface area contributed by atoms with Gasteiger partial charge in [0.25, 0.3) is 0 Å². The third-order valence-electron chi connectivity index (χ3n) is 17.8. The van der Waals surface area contributed by atoms with E-state index < -0.39 is 29.2 Å². The van der Waals surface area contributed by atoms with Gasteiger partial charge in [0.2, 0.25) is 11.8 Å². The second kappa shape index (κ2) is 20.2. The molecular weight excluding hydrogens is 1000 g/mol. The predicted molar refractivity (Wildman–Crippen MR) is 287 cm³/mol. The second-order valence-electron chi connectivity index (χ2n) is 22.7. The van der Waals surface area contributed by atoms with Crippen LogP contribution in [0.3, 0.4) is 0 Å². The van der Waals surface area contributed by atoms with E-state index in [9.17, 15) is 29.4 Å². The van der Waals surface area contributed by atoms with E-state index in [0.29, 0.717) is 73.0 Å². The number of aromatic hydroxyl groups is 1. The Kier molecular flexibility index (Phi) is 13.4. The number of fused-ring (bicyclic) bond motifs is 4. The fourth-order valence-corrected chi connectivity index (χ4v) is 13.8. The normalized spacial score (nSPS) is 24.8. The summed E-state index contributed by atoms with van der Waals surface area (Å²) < 4.78 is 48.0. The number of amides is 3. The summed E-state index contributed by atoms with van der Waals surface area (Å²) >= 11 is 0. The Morgan fingerprint density at radius 2 is 1.72 bits per heavy atom. The number of terminal acetylenes is 1. The first kappa shape index (κ1) is 51.5. The van der Waals surface area contributed by atoms with Crippen LogP contribution < -0.4 is 20.6 Å². The average molecular weight is 1070 g/mol. The van der Waals surface area contributed by atoms with Crippen LogP contribution in [0.15, 0.2) is 53.5 Å². The van der Waals surface area contributed by atoms with Crippen LogP contribution in [-0.2, 0) is 21.4 Å². The number of aliphatic hydroxyl groups is 1. The van der Waals surface area contributed by atoms with E-state index in [0.717, 1.165) is 76.5 Å². The molecule has 6 aromatic rings. The molecule has 12 rings (SSSR count). The highest BCUT2D eigenvalue weighted by Gasteiger charge is 2.50. The van der Waals surface area contributed by atoms with Crippen molar-refractivity contribution in [3.8, 4) is 35.4 Å². The Morgan fingerprint density at radius 1 is 0.923 bits per heavy atom. The number of carbonyl (C=O) groups is 3. The van der Waals surface area contributed by atoms with Gasteiger partial charge in [0.1, 0.15) is 47.9 Å². The molecular formula is C58H64F2N10O8. The third-order valence-corrected chi connectivity index (χ3v) is 17.8. The summed E-state index contributed by atoms with van der Waals surface area (Å²) in [6.45, 7) is 6.88. The van der Waals surface area contributed by atoms with Gasteiger partial charge in [-0.1, -0.05) is 18.1 Å². The van der Waals surface area contributed by atoms with E-state index in [1.165, 1.54) is 40.6 Å². The van der Waals surface area contributed by atoms with Gasteiger partial charge in [0.15, 0.2) is 5.82 Å². The van der Waals surface area contributed by atoms with Gasteiger partial charge in [-0.3, -0.25) is 33.9 Å². The summed E-state index contributed by atoms with van der Waals surface area (Å²) in [6, 6.07) is 11.1. The number of anilines is 1. The van der Waals surface area contributed by atoms with Gasteiger partial charge in [0.05, 0.1) is 33.1 Å². The molecule has 0 saturated carbocycles. The number of pyridine rings is 1. The van der Waals surface area contributed by atoms with Gasteiger partial charge in [-0.2, -0.15) is 9.97 Å². The highest BCUT2D eigenvalue weighted by molar-refractivity contribution is 6.03. The van der Waals surface area contributed by atoms with Crippen LogP contribution in [0, 0.1) is 24.0 Å². The molecule has 6 aliphatic rings. The largest absolute Gasteiger partial charge is 0.508 e. The monoisotopic (exact) mass is 1070 g/mol. The summed E-state index contributed by atoms with van der Waals surface area (Å²) in [5.41, 5.74) is 0.683. The Labute approximate surface area is 449 Å². The molecule has 6 aliphatic heterocycles.